The fourth-order valence-corrected chi connectivity index (χ4v) is 5.86. The number of ether oxygens (including phenoxy) is 1. The van der Waals surface area contributed by atoms with Gasteiger partial charge >= 0.3 is 12.2 Å². The summed E-state index contributed by atoms with van der Waals surface area (Å²) in [4.78, 5) is 33.5. The second-order valence-corrected chi connectivity index (χ2v) is 10.6. The number of anilines is 2. The van der Waals surface area contributed by atoms with Gasteiger partial charge in [-0.1, -0.05) is 6.58 Å². The first-order chi connectivity index (χ1) is 19.7. The maximum Gasteiger partial charge on any atom is 0.419 e. The van der Waals surface area contributed by atoms with Crippen LogP contribution in [0.2, 0.25) is 0 Å². The van der Waals surface area contributed by atoms with Crippen LogP contribution in [0.1, 0.15) is 36.1 Å². The second kappa shape index (κ2) is 11.9. The number of likely N-dealkylation sites (tertiary alicyclic amines) is 1. The van der Waals surface area contributed by atoms with Crippen molar-refractivity contribution in [2.75, 3.05) is 56.2 Å². The van der Waals surface area contributed by atoms with E-state index in [0.29, 0.717) is 50.7 Å². The molecule has 1 amide bonds. The van der Waals surface area contributed by atoms with E-state index in [1.54, 1.807) is 9.80 Å². The molecule has 2 fully saturated rings. The number of nitrogens with zero attached hydrogens (tertiary/aromatic N) is 8. The molecule has 10 nitrogen and oxygen atoms in total. The van der Waals surface area contributed by atoms with E-state index >= 15 is 0 Å². The average molecular weight is 571 g/mol. The van der Waals surface area contributed by atoms with Crippen molar-refractivity contribution in [1.29, 1.82) is 5.26 Å². The molecule has 218 valence electrons. The topological polar surface area (TPSA) is 102 Å². The number of amides is 1. The fraction of sp³-hybridized carbons (Fsp3) is 0.536. The zero-order valence-electron chi connectivity index (χ0n) is 23.0. The maximum atomic E-state index is 13.8. The van der Waals surface area contributed by atoms with Crippen molar-refractivity contribution in [3.8, 4) is 12.1 Å². The van der Waals surface area contributed by atoms with Crippen molar-refractivity contribution >= 4 is 17.5 Å². The molecule has 2 aromatic heterocycles. The molecule has 0 N–H and O–H groups in total. The van der Waals surface area contributed by atoms with Crippen LogP contribution in [0.25, 0.3) is 0 Å². The highest BCUT2D eigenvalue weighted by Gasteiger charge is 2.38. The van der Waals surface area contributed by atoms with Crippen LogP contribution in [-0.2, 0) is 23.9 Å². The average Bonchev–Trinajstić information content (AvgIpc) is 3.39. The van der Waals surface area contributed by atoms with Crippen molar-refractivity contribution in [3.63, 3.8) is 0 Å². The predicted molar refractivity (Wildman–Crippen MR) is 145 cm³/mol. The van der Waals surface area contributed by atoms with Gasteiger partial charge in [-0.2, -0.15) is 28.4 Å². The smallest absolute Gasteiger partial charge is 0.419 e. The van der Waals surface area contributed by atoms with Crippen LogP contribution in [0.15, 0.2) is 31.0 Å². The number of carbonyl (C=O) groups is 1. The van der Waals surface area contributed by atoms with E-state index in [1.807, 2.05) is 11.9 Å². The van der Waals surface area contributed by atoms with Gasteiger partial charge < -0.3 is 24.3 Å². The zero-order valence-corrected chi connectivity index (χ0v) is 23.0. The van der Waals surface area contributed by atoms with Crippen LogP contribution in [0, 0.1) is 11.3 Å². The number of carbonyl (C=O) groups excluding carboxylic acids is 1. The lowest BCUT2D eigenvalue weighted by Gasteiger charge is -2.42. The van der Waals surface area contributed by atoms with Crippen molar-refractivity contribution < 1.29 is 22.7 Å². The molecule has 0 aromatic carbocycles. The first-order valence-electron chi connectivity index (χ1n) is 13.7. The molecule has 0 bridgehead atoms. The van der Waals surface area contributed by atoms with Crippen LogP contribution in [0.4, 0.5) is 24.8 Å². The molecule has 5 rings (SSSR count). The molecule has 0 radical (unpaired) electrons. The second-order valence-electron chi connectivity index (χ2n) is 10.6. The molecule has 3 aliphatic rings. The Morgan fingerprint density at radius 1 is 1.20 bits per heavy atom. The number of alkyl halides is 3. The lowest BCUT2D eigenvalue weighted by molar-refractivity contribution is -0.137. The Kier molecular flexibility index (Phi) is 8.30. The fourth-order valence-electron chi connectivity index (χ4n) is 5.86. The normalized spacial score (nSPS) is 21.4. The monoisotopic (exact) mass is 570 g/mol. The molecule has 0 saturated carbocycles. The van der Waals surface area contributed by atoms with Gasteiger partial charge in [0.2, 0.25) is 5.91 Å². The maximum absolute atomic E-state index is 13.8. The van der Waals surface area contributed by atoms with E-state index in [1.165, 1.54) is 18.3 Å². The molecule has 13 heteroatoms. The number of halogens is 3. The molecule has 2 atom stereocenters. The van der Waals surface area contributed by atoms with Gasteiger partial charge in [0.1, 0.15) is 18.2 Å². The number of piperazine rings is 1. The first kappa shape index (κ1) is 28.6. The lowest BCUT2D eigenvalue weighted by atomic mass is 10.0. The Bertz CT molecular complexity index is 1330. The van der Waals surface area contributed by atoms with Crippen LogP contribution in [0.3, 0.4) is 0 Å². The molecule has 3 aliphatic heterocycles. The minimum absolute atomic E-state index is 0.112. The standard InChI is InChI=1S/C28H33F3N8O2/c1-3-24(40)39-15-14-38(16-19(39)8-10-32)25-21-9-13-37(26-22(28(29,30)31)7-4-11-33-26)17-23(21)34-27(35-25)41-18-20-6-5-12-36(20)2/h3-4,7,11,19-20H,1,5-6,8-9,12-18H2,2H3/t19?,20-/m0/s1. The van der Waals surface area contributed by atoms with Crippen molar-refractivity contribution in [2.24, 2.45) is 0 Å². The Balaban J connectivity index is 1.47. The summed E-state index contributed by atoms with van der Waals surface area (Å²) in [6.07, 6.45) is 0.692. The van der Waals surface area contributed by atoms with Crippen LogP contribution in [0.5, 0.6) is 6.01 Å². The molecule has 2 aromatic rings. The molecule has 2 saturated heterocycles. The summed E-state index contributed by atoms with van der Waals surface area (Å²) in [5.41, 5.74) is 0.618. The number of hydrogen-bond donors (Lipinski definition) is 0. The summed E-state index contributed by atoms with van der Waals surface area (Å²) in [5, 5.41) is 9.42. The molecule has 5 heterocycles. The Morgan fingerprint density at radius 2 is 2.02 bits per heavy atom. The largest absolute Gasteiger partial charge is 0.462 e. The van der Waals surface area contributed by atoms with E-state index in [2.05, 4.69) is 27.5 Å². The molecule has 1 unspecified atom stereocenters. The molecule has 0 aliphatic carbocycles. The highest BCUT2D eigenvalue weighted by molar-refractivity contribution is 5.87. The number of nitriles is 1. The number of fused-ring (bicyclic) bond motifs is 1. The summed E-state index contributed by atoms with van der Waals surface area (Å²) < 4.78 is 47.4. The predicted octanol–water partition coefficient (Wildman–Crippen LogP) is 3.04. The third-order valence-electron chi connectivity index (χ3n) is 8.06. The number of rotatable bonds is 7. The Hall–Kier alpha value is -3.92. The van der Waals surface area contributed by atoms with Crippen LogP contribution in [-0.4, -0.2) is 89.1 Å². The summed E-state index contributed by atoms with van der Waals surface area (Å²) in [6, 6.07) is 4.52. The molecular formula is C28H33F3N8O2. The van der Waals surface area contributed by atoms with Crippen molar-refractivity contribution in [1.82, 2.24) is 24.8 Å². The van der Waals surface area contributed by atoms with E-state index in [-0.39, 0.29) is 42.8 Å². The number of aromatic nitrogens is 3. The SMILES string of the molecule is C=CC(=O)N1CCN(c2nc(OC[C@@H]3CCCN3C)nc3c2CCN(c2ncccc2C(F)(F)F)C3)CC1CC#N. The first-order valence-corrected chi connectivity index (χ1v) is 13.7. The summed E-state index contributed by atoms with van der Waals surface area (Å²) >= 11 is 0. The highest BCUT2D eigenvalue weighted by Crippen LogP contribution is 2.38. The van der Waals surface area contributed by atoms with E-state index in [9.17, 15) is 23.2 Å². The van der Waals surface area contributed by atoms with Gasteiger partial charge in [0.15, 0.2) is 0 Å². The summed E-state index contributed by atoms with van der Waals surface area (Å²) in [6.45, 7) is 6.61. The molecule has 41 heavy (non-hydrogen) atoms. The minimum Gasteiger partial charge on any atom is -0.462 e. The van der Waals surface area contributed by atoms with Gasteiger partial charge in [0, 0.05) is 44.0 Å². The molecular weight excluding hydrogens is 537 g/mol. The minimum atomic E-state index is -4.54. The summed E-state index contributed by atoms with van der Waals surface area (Å²) in [5.74, 6) is 0.271. The third kappa shape index (κ3) is 6.07. The number of pyridine rings is 1. The van der Waals surface area contributed by atoms with Gasteiger partial charge in [-0.05, 0) is 51.1 Å². The quantitative estimate of drug-likeness (QED) is 0.465. The summed E-state index contributed by atoms with van der Waals surface area (Å²) in [7, 11) is 2.04. The van der Waals surface area contributed by atoms with Crippen LogP contribution < -0.4 is 14.5 Å². The molecule has 0 spiro atoms. The van der Waals surface area contributed by atoms with E-state index in [4.69, 9.17) is 9.72 Å². The van der Waals surface area contributed by atoms with E-state index in [0.717, 1.165) is 31.0 Å². The van der Waals surface area contributed by atoms with Crippen LogP contribution >= 0.6 is 0 Å². The Labute approximate surface area is 237 Å². The van der Waals surface area contributed by atoms with Gasteiger partial charge in [-0.3, -0.25) is 4.79 Å². The van der Waals surface area contributed by atoms with Gasteiger partial charge in [0.05, 0.1) is 36.3 Å². The van der Waals surface area contributed by atoms with Gasteiger partial charge in [0.25, 0.3) is 0 Å². The van der Waals surface area contributed by atoms with E-state index < -0.39 is 11.7 Å². The van der Waals surface area contributed by atoms with Gasteiger partial charge in [-0.15, -0.1) is 0 Å². The highest BCUT2D eigenvalue weighted by atomic mass is 19.4. The zero-order chi connectivity index (χ0) is 29.1. The number of hydrogen-bond acceptors (Lipinski definition) is 9. The Morgan fingerprint density at radius 3 is 2.73 bits per heavy atom. The van der Waals surface area contributed by atoms with Crippen molar-refractivity contribution in [3.05, 3.63) is 47.8 Å². The third-order valence-corrected chi connectivity index (χ3v) is 8.06. The van der Waals surface area contributed by atoms with Gasteiger partial charge in [-0.25, -0.2) is 4.98 Å². The number of likely N-dealkylation sites (N-methyl/N-ethyl adjacent to an activating group) is 1. The van der Waals surface area contributed by atoms with Crippen molar-refractivity contribution in [2.45, 2.75) is 50.5 Å². The lowest BCUT2D eigenvalue weighted by Crippen LogP contribution is -2.55.